The summed E-state index contributed by atoms with van der Waals surface area (Å²) in [5.74, 6) is -0.343. The molecule has 0 bridgehead atoms. The third-order valence-corrected chi connectivity index (χ3v) is 5.58. The molecule has 0 saturated heterocycles. The largest absolute Gasteiger partial charge is 0.277 e. The minimum atomic E-state index is -3.80. The maximum absolute atomic E-state index is 13.1. The summed E-state index contributed by atoms with van der Waals surface area (Å²) in [6.45, 7) is 5.42. The number of benzene rings is 2. The lowest BCUT2D eigenvalue weighted by Gasteiger charge is -2.11. The number of H-pyrrole nitrogens is 1. The van der Waals surface area contributed by atoms with E-state index in [2.05, 4.69) is 20.1 Å². The second-order valence-electron chi connectivity index (χ2n) is 6.29. The van der Waals surface area contributed by atoms with Gasteiger partial charge in [0.25, 0.3) is 10.0 Å². The summed E-state index contributed by atoms with van der Waals surface area (Å²) >= 11 is 0. The van der Waals surface area contributed by atoms with Gasteiger partial charge in [-0.3, -0.25) is 5.10 Å². The fourth-order valence-corrected chi connectivity index (χ4v) is 4.29. The van der Waals surface area contributed by atoms with Crippen LogP contribution in [0, 0.1) is 26.6 Å². The topological polar surface area (TPSA) is 87.2 Å². The molecule has 2 N–H and O–H groups in total. The van der Waals surface area contributed by atoms with E-state index < -0.39 is 10.0 Å². The van der Waals surface area contributed by atoms with Gasteiger partial charge in [-0.15, -0.1) is 0 Å². The number of aromatic amines is 1. The van der Waals surface area contributed by atoms with Crippen LogP contribution in [0.25, 0.3) is 11.3 Å². The molecule has 0 atom stereocenters. The summed E-state index contributed by atoms with van der Waals surface area (Å²) in [4.78, 5) is 2.46. The van der Waals surface area contributed by atoms with E-state index in [9.17, 15) is 12.8 Å². The van der Waals surface area contributed by atoms with Crippen LogP contribution in [0.1, 0.15) is 22.3 Å². The van der Waals surface area contributed by atoms with Crippen molar-refractivity contribution in [1.29, 1.82) is 0 Å². The van der Waals surface area contributed by atoms with Gasteiger partial charge in [-0.25, -0.2) is 9.22 Å². The van der Waals surface area contributed by atoms with Gasteiger partial charge in [-0.05, 0) is 56.2 Å². The number of sulfonamides is 1. The van der Waals surface area contributed by atoms with Crippen molar-refractivity contribution in [3.05, 3.63) is 70.7 Å². The minimum Gasteiger partial charge on any atom is -0.277 e. The van der Waals surface area contributed by atoms with Gasteiger partial charge in [0.05, 0.1) is 23.0 Å². The number of hydrogen-bond acceptors (Lipinski definition) is 4. The normalized spacial score (nSPS) is 11.9. The van der Waals surface area contributed by atoms with Crippen LogP contribution in [0.2, 0.25) is 0 Å². The zero-order valence-corrected chi connectivity index (χ0v) is 15.9. The first-order valence-electron chi connectivity index (χ1n) is 8.20. The number of rotatable bonds is 5. The molecular formula is C19H19FN4O2S. The molecular weight excluding hydrogens is 367 g/mol. The van der Waals surface area contributed by atoms with Gasteiger partial charge in [0, 0.05) is 11.1 Å². The lowest BCUT2D eigenvalue weighted by atomic mass is 10.1. The summed E-state index contributed by atoms with van der Waals surface area (Å²) < 4.78 is 38.3. The Hall–Kier alpha value is -3.00. The molecule has 2 aromatic carbocycles. The zero-order chi connectivity index (χ0) is 19.6. The third kappa shape index (κ3) is 4.06. The van der Waals surface area contributed by atoms with Crippen LogP contribution in [0.5, 0.6) is 0 Å². The molecule has 3 aromatic rings. The van der Waals surface area contributed by atoms with Crippen molar-refractivity contribution >= 4 is 16.2 Å². The van der Waals surface area contributed by atoms with E-state index in [0.29, 0.717) is 27.9 Å². The Morgan fingerprint density at radius 1 is 1.11 bits per heavy atom. The summed E-state index contributed by atoms with van der Waals surface area (Å²) in [5, 5.41) is 10.6. The molecule has 0 amide bonds. The molecule has 0 fully saturated rings. The molecule has 8 heteroatoms. The van der Waals surface area contributed by atoms with Crippen molar-refractivity contribution in [2.75, 3.05) is 0 Å². The van der Waals surface area contributed by atoms with Crippen molar-refractivity contribution in [2.45, 2.75) is 25.7 Å². The fraction of sp³-hybridized carbons (Fsp3) is 0.158. The Labute approximate surface area is 157 Å². The predicted octanol–water partition coefficient (Wildman–Crippen LogP) is 3.45. The standard InChI is InChI=1S/C19H19FN4O2S/c1-12-8-13(2)19(14(3)9-12)27(25,26)24-22-11-16-10-21-23-18(16)15-4-6-17(20)7-5-15/h4-11,24H,1-3H3,(H,21,23)/b22-11+. The maximum atomic E-state index is 13.1. The fourth-order valence-electron chi connectivity index (χ4n) is 3.04. The quantitative estimate of drug-likeness (QED) is 0.520. The first-order chi connectivity index (χ1) is 12.8. The Kier molecular flexibility index (Phi) is 5.09. The molecule has 6 nitrogen and oxygen atoms in total. The second-order valence-corrected chi connectivity index (χ2v) is 7.89. The molecule has 3 rings (SSSR count). The van der Waals surface area contributed by atoms with Gasteiger partial charge in [-0.2, -0.15) is 18.6 Å². The lowest BCUT2D eigenvalue weighted by Crippen LogP contribution is -2.20. The highest BCUT2D eigenvalue weighted by Crippen LogP contribution is 2.22. The van der Waals surface area contributed by atoms with Crippen LogP contribution < -0.4 is 4.83 Å². The summed E-state index contributed by atoms with van der Waals surface area (Å²) in [6, 6.07) is 9.50. The number of nitrogens with zero attached hydrogens (tertiary/aromatic N) is 2. The molecule has 140 valence electrons. The number of aromatic nitrogens is 2. The van der Waals surface area contributed by atoms with Gasteiger partial charge < -0.3 is 0 Å². The Bertz CT molecular complexity index is 1080. The molecule has 0 aliphatic heterocycles. The molecule has 1 aromatic heterocycles. The van der Waals surface area contributed by atoms with Crippen molar-refractivity contribution < 1.29 is 12.8 Å². The maximum Gasteiger partial charge on any atom is 0.277 e. The summed E-state index contributed by atoms with van der Waals surface area (Å²) in [6.07, 6.45) is 2.87. The van der Waals surface area contributed by atoms with Crippen LogP contribution in [-0.4, -0.2) is 24.8 Å². The predicted molar refractivity (Wildman–Crippen MR) is 103 cm³/mol. The smallest absolute Gasteiger partial charge is 0.277 e. The van der Waals surface area contributed by atoms with Gasteiger partial charge in [0.2, 0.25) is 0 Å². The van der Waals surface area contributed by atoms with Gasteiger partial charge in [-0.1, -0.05) is 17.7 Å². The second kappa shape index (κ2) is 7.32. The van der Waals surface area contributed by atoms with E-state index in [-0.39, 0.29) is 10.7 Å². The van der Waals surface area contributed by atoms with Crippen LogP contribution in [0.4, 0.5) is 4.39 Å². The monoisotopic (exact) mass is 386 g/mol. The number of hydrazone groups is 1. The van der Waals surface area contributed by atoms with Crippen molar-refractivity contribution in [3.63, 3.8) is 0 Å². The van der Waals surface area contributed by atoms with Crippen molar-refractivity contribution in [1.82, 2.24) is 15.0 Å². The van der Waals surface area contributed by atoms with Crippen LogP contribution in [-0.2, 0) is 10.0 Å². The van der Waals surface area contributed by atoms with E-state index >= 15 is 0 Å². The first-order valence-corrected chi connectivity index (χ1v) is 9.68. The highest BCUT2D eigenvalue weighted by molar-refractivity contribution is 7.89. The molecule has 0 aliphatic carbocycles. The third-order valence-electron chi connectivity index (χ3n) is 4.05. The molecule has 1 heterocycles. The van der Waals surface area contributed by atoms with Gasteiger partial charge in [0.1, 0.15) is 5.82 Å². The highest BCUT2D eigenvalue weighted by Gasteiger charge is 2.19. The minimum absolute atomic E-state index is 0.219. The number of halogens is 1. The molecule has 27 heavy (non-hydrogen) atoms. The van der Waals surface area contributed by atoms with E-state index in [1.807, 2.05) is 19.1 Å². The average molecular weight is 386 g/mol. The number of aryl methyl sites for hydroxylation is 3. The van der Waals surface area contributed by atoms with E-state index in [4.69, 9.17) is 0 Å². The van der Waals surface area contributed by atoms with Crippen LogP contribution in [0.3, 0.4) is 0 Å². The number of hydrogen-bond donors (Lipinski definition) is 2. The van der Waals surface area contributed by atoms with Gasteiger partial charge in [0.15, 0.2) is 0 Å². The van der Waals surface area contributed by atoms with Crippen LogP contribution >= 0.6 is 0 Å². The van der Waals surface area contributed by atoms with E-state index in [1.165, 1.54) is 24.5 Å². The van der Waals surface area contributed by atoms with Gasteiger partial charge >= 0.3 is 0 Å². The number of nitrogens with one attached hydrogen (secondary N) is 2. The molecule has 0 unspecified atom stereocenters. The molecule has 0 aliphatic rings. The van der Waals surface area contributed by atoms with E-state index in [1.54, 1.807) is 26.0 Å². The first kappa shape index (κ1) is 18.8. The average Bonchev–Trinajstić information content (AvgIpc) is 3.02. The summed E-state index contributed by atoms with van der Waals surface area (Å²) in [7, 11) is -3.80. The molecule has 0 radical (unpaired) electrons. The lowest BCUT2D eigenvalue weighted by molar-refractivity contribution is 0.583. The Morgan fingerprint density at radius 2 is 1.74 bits per heavy atom. The van der Waals surface area contributed by atoms with Crippen molar-refractivity contribution in [2.24, 2.45) is 5.10 Å². The Balaban J connectivity index is 1.85. The van der Waals surface area contributed by atoms with Crippen LogP contribution in [0.15, 0.2) is 52.6 Å². The highest BCUT2D eigenvalue weighted by atomic mass is 32.2. The Morgan fingerprint density at radius 3 is 2.37 bits per heavy atom. The SMILES string of the molecule is Cc1cc(C)c(S(=O)(=O)N/N=C/c2cn[nH]c2-c2ccc(F)cc2)c(C)c1. The van der Waals surface area contributed by atoms with E-state index in [0.717, 1.165) is 5.56 Å². The van der Waals surface area contributed by atoms with Crippen molar-refractivity contribution in [3.8, 4) is 11.3 Å². The summed E-state index contributed by atoms with van der Waals surface area (Å²) in [5.41, 5.74) is 4.21. The molecule has 0 saturated carbocycles. The molecule has 0 spiro atoms. The zero-order valence-electron chi connectivity index (χ0n) is 15.1.